The zero-order chi connectivity index (χ0) is 14.8. The maximum absolute atomic E-state index is 12.5. The van der Waals surface area contributed by atoms with Crippen LogP contribution in [0.1, 0.15) is 39.0 Å². The van der Waals surface area contributed by atoms with E-state index in [0.717, 1.165) is 22.9 Å². The van der Waals surface area contributed by atoms with E-state index >= 15 is 0 Å². The molecule has 0 spiro atoms. The molecule has 1 amide bonds. The highest BCUT2D eigenvalue weighted by atomic mass is 32.2. The van der Waals surface area contributed by atoms with Crippen LogP contribution in [0.25, 0.3) is 0 Å². The van der Waals surface area contributed by atoms with Crippen molar-refractivity contribution >= 4 is 34.1 Å². The number of nitrogens with zero attached hydrogens (tertiary/aromatic N) is 2. The molecule has 116 valence electrons. The van der Waals surface area contributed by atoms with Crippen LogP contribution >= 0.6 is 23.1 Å². The Hall–Kier alpha value is -0.660. The summed E-state index contributed by atoms with van der Waals surface area (Å²) in [4.78, 5) is 12.5. The van der Waals surface area contributed by atoms with E-state index in [1.54, 1.807) is 11.8 Å². The average Bonchev–Trinajstić information content (AvgIpc) is 2.86. The van der Waals surface area contributed by atoms with Crippen LogP contribution in [0.5, 0.6) is 0 Å². The van der Waals surface area contributed by atoms with Crippen molar-refractivity contribution in [3.63, 3.8) is 0 Å². The quantitative estimate of drug-likeness (QED) is 0.657. The normalized spacial score (nSPS) is 31.9. The molecule has 5 nitrogen and oxygen atoms in total. The summed E-state index contributed by atoms with van der Waals surface area (Å²) >= 11 is 3.11. The minimum atomic E-state index is 0.0891. The lowest BCUT2D eigenvalue weighted by Gasteiger charge is -2.43. The number of fused-ring (bicyclic) bond motifs is 2. The molecule has 1 heterocycles. The Morgan fingerprint density at radius 3 is 2.76 bits per heavy atom. The fourth-order valence-corrected chi connectivity index (χ4v) is 5.30. The third-order valence-electron chi connectivity index (χ3n) is 4.69. The van der Waals surface area contributed by atoms with Gasteiger partial charge in [-0.25, -0.2) is 0 Å². The number of thioether (sulfide) groups is 1. The maximum Gasteiger partial charge on any atom is 0.229 e. The maximum atomic E-state index is 12.5. The zero-order valence-corrected chi connectivity index (χ0v) is 13.9. The van der Waals surface area contributed by atoms with Crippen LogP contribution in [0.15, 0.2) is 4.34 Å². The van der Waals surface area contributed by atoms with Crippen molar-refractivity contribution in [1.82, 2.24) is 10.2 Å². The van der Waals surface area contributed by atoms with E-state index < -0.39 is 0 Å². The number of amides is 1. The summed E-state index contributed by atoms with van der Waals surface area (Å²) in [6.07, 6.45) is 5.48. The fraction of sp³-hybridized carbons (Fsp3) is 0.786. The first-order valence-electron chi connectivity index (χ1n) is 7.70. The van der Waals surface area contributed by atoms with Gasteiger partial charge in [0.05, 0.1) is 0 Å². The SMILES string of the molecule is CCSc1nnc(NC(=O)C2CC3CCCC(C2)C3N)s1. The first-order chi connectivity index (χ1) is 10.2. The monoisotopic (exact) mass is 326 g/mol. The molecular weight excluding hydrogens is 304 g/mol. The van der Waals surface area contributed by atoms with Gasteiger partial charge in [-0.3, -0.25) is 4.79 Å². The molecule has 1 aromatic heterocycles. The van der Waals surface area contributed by atoms with E-state index in [4.69, 9.17) is 5.73 Å². The van der Waals surface area contributed by atoms with Crippen LogP contribution in [0.2, 0.25) is 0 Å². The number of hydrogen-bond donors (Lipinski definition) is 2. The lowest BCUT2D eigenvalue weighted by Crippen LogP contribution is -2.48. The summed E-state index contributed by atoms with van der Waals surface area (Å²) in [7, 11) is 0. The molecule has 0 saturated heterocycles. The lowest BCUT2D eigenvalue weighted by atomic mass is 9.65. The molecule has 3 rings (SSSR count). The van der Waals surface area contributed by atoms with Gasteiger partial charge in [-0.1, -0.05) is 36.4 Å². The Balaban J connectivity index is 1.60. The molecule has 2 bridgehead atoms. The average molecular weight is 326 g/mol. The van der Waals surface area contributed by atoms with Gasteiger partial charge < -0.3 is 11.1 Å². The Kier molecular flexibility index (Phi) is 4.81. The summed E-state index contributed by atoms with van der Waals surface area (Å²) in [5.74, 6) is 2.20. The van der Waals surface area contributed by atoms with Gasteiger partial charge in [0.1, 0.15) is 0 Å². The van der Waals surface area contributed by atoms with Crippen LogP contribution < -0.4 is 11.1 Å². The van der Waals surface area contributed by atoms with Crippen molar-refractivity contribution in [3.8, 4) is 0 Å². The number of anilines is 1. The van der Waals surface area contributed by atoms with Gasteiger partial charge in [0.15, 0.2) is 4.34 Å². The highest BCUT2D eigenvalue weighted by molar-refractivity contribution is 8.01. The first kappa shape index (κ1) is 15.2. The topological polar surface area (TPSA) is 80.9 Å². The molecule has 2 saturated carbocycles. The van der Waals surface area contributed by atoms with E-state index in [-0.39, 0.29) is 11.8 Å². The summed E-state index contributed by atoms with van der Waals surface area (Å²) in [6.45, 7) is 2.08. The van der Waals surface area contributed by atoms with Gasteiger partial charge in [0.25, 0.3) is 0 Å². The van der Waals surface area contributed by atoms with E-state index in [0.29, 0.717) is 23.0 Å². The first-order valence-corrected chi connectivity index (χ1v) is 9.50. The number of rotatable bonds is 4. The molecule has 3 N–H and O–H groups in total. The van der Waals surface area contributed by atoms with E-state index in [1.807, 2.05) is 0 Å². The predicted octanol–water partition coefficient (Wildman–Crippen LogP) is 2.74. The molecule has 2 atom stereocenters. The molecule has 2 fully saturated rings. The molecule has 2 unspecified atom stereocenters. The van der Waals surface area contributed by atoms with Crippen LogP contribution in [0.4, 0.5) is 5.13 Å². The number of nitrogens with one attached hydrogen (secondary N) is 1. The summed E-state index contributed by atoms with van der Waals surface area (Å²) in [5, 5.41) is 11.7. The molecule has 21 heavy (non-hydrogen) atoms. The van der Waals surface area contributed by atoms with Gasteiger partial charge in [-0.2, -0.15) is 0 Å². The van der Waals surface area contributed by atoms with Crippen molar-refractivity contribution in [2.24, 2.45) is 23.5 Å². The smallest absolute Gasteiger partial charge is 0.229 e. The van der Waals surface area contributed by atoms with E-state index in [1.165, 1.54) is 30.6 Å². The van der Waals surface area contributed by atoms with Gasteiger partial charge in [-0.15, -0.1) is 10.2 Å². The Morgan fingerprint density at radius 1 is 1.38 bits per heavy atom. The highest BCUT2D eigenvalue weighted by Gasteiger charge is 2.40. The summed E-state index contributed by atoms with van der Waals surface area (Å²) in [6, 6.07) is 0.303. The van der Waals surface area contributed by atoms with Crippen molar-refractivity contribution in [2.75, 3.05) is 11.1 Å². The Labute approximate surface area is 133 Å². The molecule has 0 radical (unpaired) electrons. The largest absolute Gasteiger partial charge is 0.327 e. The van der Waals surface area contributed by atoms with Crippen LogP contribution in [0.3, 0.4) is 0 Å². The van der Waals surface area contributed by atoms with Crippen molar-refractivity contribution in [2.45, 2.75) is 49.4 Å². The lowest BCUT2D eigenvalue weighted by molar-refractivity contribution is -0.122. The standard InChI is InChI=1S/C14H22N4OS2/c1-2-20-14-18-17-13(21-14)16-12(19)10-6-8-4-3-5-9(7-10)11(8)15/h8-11H,2-7,15H2,1H3,(H,16,17,19). The third-order valence-corrected chi connectivity index (χ3v) is 6.54. The summed E-state index contributed by atoms with van der Waals surface area (Å²) in [5.41, 5.74) is 6.28. The number of hydrogen-bond acceptors (Lipinski definition) is 6. The molecule has 1 aromatic rings. The minimum absolute atomic E-state index is 0.0891. The van der Waals surface area contributed by atoms with Gasteiger partial charge in [0, 0.05) is 12.0 Å². The van der Waals surface area contributed by atoms with Gasteiger partial charge in [0.2, 0.25) is 11.0 Å². The Bertz CT molecular complexity index is 493. The van der Waals surface area contributed by atoms with Crippen LogP contribution in [-0.4, -0.2) is 27.9 Å². The van der Waals surface area contributed by atoms with Gasteiger partial charge >= 0.3 is 0 Å². The zero-order valence-electron chi connectivity index (χ0n) is 12.2. The number of nitrogens with two attached hydrogens (primary N) is 1. The van der Waals surface area contributed by atoms with Crippen LogP contribution in [0, 0.1) is 17.8 Å². The molecule has 2 aliphatic carbocycles. The molecule has 2 aliphatic rings. The molecular formula is C14H22N4OS2. The highest BCUT2D eigenvalue weighted by Crippen LogP contribution is 2.42. The van der Waals surface area contributed by atoms with Crippen molar-refractivity contribution < 1.29 is 4.79 Å². The second kappa shape index (κ2) is 6.62. The minimum Gasteiger partial charge on any atom is -0.327 e. The van der Waals surface area contributed by atoms with E-state index in [2.05, 4.69) is 22.4 Å². The second-order valence-corrected chi connectivity index (χ2v) is 8.48. The van der Waals surface area contributed by atoms with Crippen molar-refractivity contribution in [3.05, 3.63) is 0 Å². The number of carbonyl (C=O) groups excluding carboxylic acids is 1. The second-order valence-electron chi connectivity index (χ2n) is 5.99. The van der Waals surface area contributed by atoms with E-state index in [9.17, 15) is 4.79 Å². The number of aromatic nitrogens is 2. The molecule has 7 heteroatoms. The van der Waals surface area contributed by atoms with Crippen LogP contribution in [-0.2, 0) is 4.79 Å². The molecule has 0 aromatic carbocycles. The molecule has 0 aliphatic heterocycles. The predicted molar refractivity (Wildman–Crippen MR) is 86.5 cm³/mol. The van der Waals surface area contributed by atoms with Gasteiger partial charge in [-0.05, 0) is 43.3 Å². The number of carbonyl (C=O) groups is 1. The summed E-state index contributed by atoms with van der Waals surface area (Å²) < 4.78 is 0.912. The Morgan fingerprint density at radius 2 is 2.10 bits per heavy atom. The van der Waals surface area contributed by atoms with Crippen molar-refractivity contribution in [1.29, 1.82) is 0 Å². The fourth-order valence-electron chi connectivity index (χ4n) is 3.65. The third kappa shape index (κ3) is 3.40.